The van der Waals surface area contributed by atoms with E-state index >= 15 is 0 Å². The Morgan fingerprint density at radius 2 is 0.733 bits per heavy atom. The molecule has 0 amide bonds. The van der Waals surface area contributed by atoms with Gasteiger partial charge in [0.2, 0.25) is 0 Å². The third kappa shape index (κ3) is 6.88. The van der Waals surface area contributed by atoms with Crippen LogP contribution in [0.1, 0.15) is 79.0 Å². The Balaban J connectivity index is 0.00000462. The topological polar surface area (TPSA) is 106 Å². The summed E-state index contributed by atoms with van der Waals surface area (Å²) in [4.78, 5) is 41.7. The third-order valence-corrected chi connectivity index (χ3v) is 12.0. The van der Waals surface area contributed by atoms with E-state index < -0.39 is 0 Å². The van der Waals surface area contributed by atoms with Crippen LogP contribution < -0.4 is 9.97 Å². The summed E-state index contributed by atoms with van der Waals surface area (Å²) in [6.45, 7) is 19.9. The first-order chi connectivity index (χ1) is 28.0. The Hall–Kier alpha value is -5.44. The van der Waals surface area contributed by atoms with E-state index in [0.29, 0.717) is 45.9 Å². The van der Waals surface area contributed by atoms with E-state index in [-0.39, 0.29) is 35.7 Å². The minimum absolute atomic E-state index is 0. The first-order valence-electron chi connectivity index (χ1n) is 20.0. The molecule has 10 heteroatoms. The summed E-state index contributed by atoms with van der Waals surface area (Å²) in [5.74, 6) is 2.18. The van der Waals surface area contributed by atoms with Crippen molar-refractivity contribution in [1.29, 1.82) is 0 Å². The van der Waals surface area contributed by atoms with Crippen LogP contribution in [0.25, 0.3) is 101 Å². The molecule has 10 rings (SSSR count). The van der Waals surface area contributed by atoms with Gasteiger partial charge in [0, 0.05) is 49.3 Å². The Bertz CT molecular complexity index is 3210. The maximum absolute atomic E-state index is 5.27. The zero-order valence-electron chi connectivity index (χ0n) is 35.4. The number of hydrogen-bond acceptors (Lipinski definition) is 6. The van der Waals surface area contributed by atoms with Crippen molar-refractivity contribution in [2.75, 3.05) is 0 Å². The summed E-state index contributed by atoms with van der Waals surface area (Å²) in [5, 5.41) is 3.54. The second-order valence-electron chi connectivity index (χ2n) is 18.8. The van der Waals surface area contributed by atoms with Crippen molar-refractivity contribution in [3.8, 4) is 56.7 Å². The molecule has 60 heavy (non-hydrogen) atoms. The molecule has 2 aliphatic heterocycles. The molecule has 0 radical (unpaired) electrons. The van der Waals surface area contributed by atoms with Crippen LogP contribution in [-0.2, 0) is 35.7 Å². The summed E-state index contributed by atoms with van der Waals surface area (Å²) in [5.41, 5.74) is 11.1. The molecule has 0 saturated carbocycles. The second kappa shape index (κ2) is 14.1. The standard InChI is InChI=1S/C50H43BrN8.Zn/c1-48(2,3)28-13-19-33-37(23-28)46-55-41(33)53-44-36-22-27(26-10-16-31(51)17-11-26)12-18-32(36)40(52-44)54-45-38-24-29(49(4,5)6)14-20-34(38)42(56-45)58-47-39-25-30(50(7,8)9)15-21-35(39)43(57-46)59-47;/h10-25H,1-9H3;/q-2;+2. The average molecular weight is 901 g/mol. The van der Waals surface area contributed by atoms with Crippen LogP contribution in [0.2, 0.25) is 0 Å². The monoisotopic (exact) mass is 898 g/mol. The number of benzene rings is 5. The fraction of sp³-hybridized carbons (Fsp3) is 0.240. The molecule has 8 aromatic rings. The molecule has 2 aliphatic rings. The molecule has 0 atom stereocenters. The van der Waals surface area contributed by atoms with Crippen molar-refractivity contribution in [3.63, 3.8) is 0 Å². The quantitative estimate of drug-likeness (QED) is 0.150. The molecule has 0 aliphatic carbocycles. The van der Waals surface area contributed by atoms with Gasteiger partial charge < -0.3 is 29.9 Å². The van der Waals surface area contributed by atoms with E-state index in [4.69, 9.17) is 39.9 Å². The van der Waals surface area contributed by atoms with Crippen molar-refractivity contribution >= 4 is 60.1 Å². The first-order valence-corrected chi connectivity index (χ1v) is 20.8. The largest absolute Gasteiger partial charge is 2.00 e. The van der Waals surface area contributed by atoms with Gasteiger partial charge in [-0.15, -0.1) is 0 Å². The van der Waals surface area contributed by atoms with Gasteiger partial charge in [0.1, 0.15) is 0 Å². The molecular weight excluding hydrogens is 858 g/mol. The summed E-state index contributed by atoms with van der Waals surface area (Å²) in [6.07, 6.45) is 0. The van der Waals surface area contributed by atoms with E-state index in [1.165, 1.54) is 16.7 Å². The van der Waals surface area contributed by atoms with E-state index in [1.807, 2.05) is 0 Å². The molecule has 0 N–H and O–H groups in total. The van der Waals surface area contributed by atoms with Crippen LogP contribution in [0.4, 0.5) is 0 Å². The Morgan fingerprint density at radius 1 is 0.367 bits per heavy atom. The van der Waals surface area contributed by atoms with Crippen molar-refractivity contribution in [2.24, 2.45) is 0 Å². The number of fused-ring (bicyclic) bond motifs is 20. The van der Waals surface area contributed by atoms with Gasteiger partial charge in [-0.2, -0.15) is 0 Å². The fourth-order valence-electron chi connectivity index (χ4n) is 7.88. The summed E-state index contributed by atoms with van der Waals surface area (Å²) in [6, 6.07) is 34.1. The number of halogens is 1. The predicted octanol–water partition coefficient (Wildman–Crippen LogP) is 12.4. The van der Waals surface area contributed by atoms with Gasteiger partial charge in [-0.05, 0) is 102 Å². The fourth-order valence-corrected chi connectivity index (χ4v) is 8.15. The van der Waals surface area contributed by atoms with Crippen molar-refractivity contribution in [2.45, 2.75) is 78.6 Å². The molecule has 0 saturated heterocycles. The van der Waals surface area contributed by atoms with E-state index in [9.17, 15) is 0 Å². The predicted molar refractivity (Wildman–Crippen MR) is 243 cm³/mol. The maximum Gasteiger partial charge on any atom is 2.00 e. The zero-order valence-corrected chi connectivity index (χ0v) is 40.0. The zero-order chi connectivity index (χ0) is 41.2. The molecular formula is C50H43BrN8Zn. The van der Waals surface area contributed by atoms with Crippen molar-refractivity contribution in [3.05, 3.63) is 118 Å². The van der Waals surface area contributed by atoms with Crippen LogP contribution in [0.3, 0.4) is 0 Å². The first kappa shape index (κ1) is 40.0. The minimum Gasteiger partial charge on any atom is -0.357 e. The third-order valence-electron chi connectivity index (χ3n) is 11.5. The molecule has 5 heterocycles. The molecule has 3 aromatic heterocycles. The van der Waals surface area contributed by atoms with Crippen LogP contribution in [0, 0.1) is 0 Å². The Kier molecular flexibility index (Phi) is 9.38. The number of hydrogen-bond donors (Lipinski definition) is 0. The van der Waals surface area contributed by atoms with Crippen LogP contribution in [0.15, 0.2) is 102 Å². The SMILES string of the molecule is CC(C)(C)c1ccc2c(c1)-c1nc-2nc2[n-]c(nc3nc(nc4[n-]c(n1)c1ccc(-c5ccc(Br)cc5)cc41)-c1ccc(C(C)(C)C)cc1-3)c1ccc(C(C)(C)C)cc21.[Zn+2]. The Morgan fingerprint density at radius 3 is 1.20 bits per heavy atom. The molecule has 8 bridgehead atoms. The summed E-state index contributed by atoms with van der Waals surface area (Å²) >= 11 is 3.59. The number of rotatable bonds is 1. The maximum atomic E-state index is 5.27. The van der Waals surface area contributed by atoms with Gasteiger partial charge in [0.25, 0.3) is 0 Å². The molecule has 5 aromatic carbocycles. The molecule has 0 spiro atoms. The second-order valence-corrected chi connectivity index (χ2v) is 19.7. The van der Waals surface area contributed by atoms with Gasteiger partial charge in [-0.1, -0.05) is 139 Å². The normalized spacial score (nSPS) is 12.7. The molecule has 8 nitrogen and oxygen atoms in total. The molecule has 0 unspecified atom stereocenters. The minimum atomic E-state index is -0.0964. The van der Waals surface area contributed by atoms with Crippen LogP contribution in [0.5, 0.6) is 0 Å². The van der Waals surface area contributed by atoms with E-state index in [0.717, 1.165) is 59.4 Å². The van der Waals surface area contributed by atoms with Gasteiger partial charge in [-0.25, -0.2) is 9.97 Å². The number of aromatic nitrogens is 8. The average Bonchev–Trinajstić information content (AvgIpc) is 3.91. The van der Waals surface area contributed by atoms with Gasteiger partial charge >= 0.3 is 19.5 Å². The smallest absolute Gasteiger partial charge is 0.357 e. The van der Waals surface area contributed by atoms with Crippen LogP contribution in [-0.4, -0.2) is 29.9 Å². The van der Waals surface area contributed by atoms with Gasteiger partial charge in [-0.3, -0.25) is 0 Å². The summed E-state index contributed by atoms with van der Waals surface area (Å²) < 4.78 is 1.02. The van der Waals surface area contributed by atoms with Crippen LogP contribution >= 0.6 is 15.9 Å². The van der Waals surface area contributed by atoms with Gasteiger partial charge in [0.05, 0.1) is 23.3 Å². The van der Waals surface area contributed by atoms with E-state index in [2.05, 4.69) is 175 Å². The van der Waals surface area contributed by atoms with Crippen molar-refractivity contribution in [1.82, 2.24) is 39.9 Å². The number of nitrogens with zero attached hydrogens (tertiary/aromatic N) is 8. The summed E-state index contributed by atoms with van der Waals surface area (Å²) in [7, 11) is 0. The van der Waals surface area contributed by atoms with Gasteiger partial charge in [0.15, 0.2) is 0 Å². The molecule has 292 valence electrons. The Labute approximate surface area is 370 Å². The van der Waals surface area contributed by atoms with Crippen molar-refractivity contribution < 1.29 is 19.5 Å². The molecule has 0 fully saturated rings. The van der Waals surface area contributed by atoms with E-state index in [1.54, 1.807) is 0 Å².